The fraction of sp³-hybridized carbons (Fsp3) is 0.538. The van der Waals surface area contributed by atoms with Crippen molar-refractivity contribution < 1.29 is 1.37 Å². The summed E-state index contributed by atoms with van der Waals surface area (Å²) >= 11 is 0. The van der Waals surface area contributed by atoms with Crippen LogP contribution < -0.4 is 0 Å². The number of hydrogen-bond acceptors (Lipinski definition) is 1. The maximum Gasteiger partial charge on any atom is 0.0280 e. The van der Waals surface area contributed by atoms with Gasteiger partial charge in [0.15, 0.2) is 0 Å². The Labute approximate surface area is 88.1 Å². The second-order valence-electron chi connectivity index (χ2n) is 3.95. The van der Waals surface area contributed by atoms with E-state index in [2.05, 4.69) is 36.1 Å². The fourth-order valence-corrected chi connectivity index (χ4v) is 2.02. The van der Waals surface area contributed by atoms with E-state index in [0.29, 0.717) is 0 Å². The van der Waals surface area contributed by atoms with Crippen LogP contribution in [-0.4, -0.2) is 18.0 Å². The molecular formula is C13H19N. The predicted molar refractivity (Wildman–Crippen MR) is 60.3 cm³/mol. The first-order chi connectivity index (χ1) is 7.29. The van der Waals surface area contributed by atoms with E-state index in [4.69, 9.17) is 1.37 Å². The maximum atomic E-state index is 7.80. The largest absolute Gasteiger partial charge is 0.299 e. The Morgan fingerprint density at radius 1 is 1.36 bits per heavy atom. The molecule has 1 aromatic carbocycles. The monoisotopic (exact) mass is 190 g/mol. The molecule has 1 aliphatic heterocycles. The Morgan fingerprint density at radius 2 is 2.14 bits per heavy atom. The van der Waals surface area contributed by atoms with Crippen LogP contribution in [0.3, 0.4) is 0 Å². The Balaban J connectivity index is 1.99. The zero-order valence-corrected chi connectivity index (χ0v) is 8.87. The third-order valence-corrected chi connectivity index (χ3v) is 2.89. The van der Waals surface area contributed by atoms with E-state index in [0.717, 1.165) is 32.5 Å². The van der Waals surface area contributed by atoms with Crippen molar-refractivity contribution in [1.29, 1.82) is 0 Å². The highest BCUT2D eigenvalue weighted by atomic mass is 15.1. The molecule has 0 saturated carbocycles. The minimum absolute atomic E-state index is 0.0789. The molecule has 0 fully saturated rings. The van der Waals surface area contributed by atoms with Gasteiger partial charge in [-0.25, -0.2) is 0 Å². The van der Waals surface area contributed by atoms with Crippen LogP contribution in [0.4, 0.5) is 0 Å². The summed E-state index contributed by atoms with van der Waals surface area (Å²) < 4.78 is 7.80. The Kier molecular flexibility index (Phi) is 2.79. The van der Waals surface area contributed by atoms with Crippen molar-refractivity contribution in [2.75, 3.05) is 13.1 Å². The van der Waals surface area contributed by atoms with Crippen LogP contribution in [0.1, 0.15) is 32.2 Å². The first kappa shape index (κ1) is 8.49. The summed E-state index contributed by atoms with van der Waals surface area (Å²) in [6.45, 7) is 5.17. The molecule has 1 nitrogen and oxygen atoms in total. The lowest BCUT2D eigenvalue weighted by molar-refractivity contribution is 0.250. The van der Waals surface area contributed by atoms with Crippen LogP contribution in [0.15, 0.2) is 24.3 Å². The SMILES string of the molecule is [2H]C(CC)CN1CCc2ccccc2C1. The van der Waals surface area contributed by atoms with Crippen molar-refractivity contribution >= 4 is 0 Å². The van der Waals surface area contributed by atoms with E-state index in [1.54, 1.807) is 0 Å². The molecule has 0 radical (unpaired) electrons. The van der Waals surface area contributed by atoms with E-state index in [9.17, 15) is 0 Å². The molecule has 1 aromatic rings. The molecule has 1 unspecified atom stereocenters. The van der Waals surface area contributed by atoms with Gasteiger partial charge in [0.05, 0.1) is 0 Å². The Bertz CT molecular complexity index is 324. The molecule has 76 valence electrons. The zero-order chi connectivity index (χ0) is 10.7. The smallest absolute Gasteiger partial charge is 0.0280 e. The highest BCUT2D eigenvalue weighted by Gasteiger charge is 2.14. The minimum Gasteiger partial charge on any atom is -0.299 e. The van der Waals surface area contributed by atoms with Gasteiger partial charge in [-0.05, 0) is 30.5 Å². The number of hydrogen-bond donors (Lipinski definition) is 0. The van der Waals surface area contributed by atoms with E-state index in [1.807, 2.05) is 0 Å². The van der Waals surface area contributed by atoms with E-state index in [1.165, 1.54) is 11.1 Å². The van der Waals surface area contributed by atoms with Crippen molar-refractivity contribution in [1.82, 2.24) is 4.90 Å². The maximum absolute atomic E-state index is 7.80. The number of fused-ring (bicyclic) bond motifs is 1. The van der Waals surface area contributed by atoms with E-state index >= 15 is 0 Å². The standard InChI is InChI=1S/C13H19N/c1-2-3-9-14-10-8-12-6-4-5-7-13(12)11-14/h4-7H,2-3,8-11H2,1H3/i3D. The number of benzene rings is 1. The van der Waals surface area contributed by atoms with Crippen molar-refractivity contribution in [2.45, 2.75) is 32.7 Å². The lowest BCUT2D eigenvalue weighted by Gasteiger charge is -2.28. The second-order valence-corrected chi connectivity index (χ2v) is 3.95. The van der Waals surface area contributed by atoms with E-state index in [-0.39, 0.29) is 6.40 Å². The van der Waals surface area contributed by atoms with Crippen LogP contribution in [-0.2, 0) is 13.0 Å². The Hall–Kier alpha value is -0.820. The molecule has 0 spiro atoms. The number of nitrogens with zero attached hydrogens (tertiary/aromatic N) is 1. The average Bonchev–Trinajstić information content (AvgIpc) is 2.29. The summed E-state index contributed by atoms with van der Waals surface area (Å²) in [5, 5.41) is 0. The summed E-state index contributed by atoms with van der Waals surface area (Å²) in [4.78, 5) is 2.41. The van der Waals surface area contributed by atoms with Gasteiger partial charge in [-0.3, -0.25) is 4.90 Å². The molecule has 0 N–H and O–H groups in total. The molecule has 0 bridgehead atoms. The summed E-state index contributed by atoms with van der Waals surface area (Å²) in [6.07, 6.45) is 2.18. The number of rotatable bonds is 3. The van der Waals surface area contributed by atoms with Crippen molar-refractivity contribution in [2.24, 2.45) is 0 Å². The van der Waals surface area contributed by atoms with Crippen LogP contribution in [0.2, 0.25) is 0 Å². The first-order valence-electron chi connectivity index (χ1n) is 6.08. The van der Waals surface area contributed by atoms with Crippen LogP contribution in [0.5, 0.6) is 0 Å². The summed E-state index contributed by atoms with van der Waals surface area (Å²) in [5.74, 6) is 0. The molecule has 0 aromatic heterocycles. The van der Waals surface area contributed by atoms with Crippen molar-refractivity contribution in [3.63, 3.8) is 0 Å². The second kappa shape index (κ2) is 4.61. The van der Waals surface area contributed by atoms with Gasteiger partial charge in [0.2, 0.25) is 0 Å². The summed E-state index contributed by atoms with van der Waals surface area (Å²) in [5.41, 5.74) is 2.94. The quantitative estimate of drug-likeness (QED) is 0.708. The van der Waals surface area contributed by atoms with Crippen molar-refractivity contribution in [3.8, 4) is 0 Å². The van der Waals surface area contributed by atoms with Gasteiger partial charge in [0.1, 0.15) is 0 Å². The topological polar surface area (TPSA) is 3.24 Å². The van der Waals surface area contributed by atoms with Gasteiger partial charge < -0.3 is 0 Å². The third-order valence-electron chi connectivity index (χ3n) is 2.89. The normalized spacial score (nSPS) is 19.9. The molecular weight excluding hydrogens is 170 g/mol. The van der Waals surface area contributed by atoms with Gasteiger partial charge in [-0.15, -0.1) is 0 Å². The molecule has 1 aliphatic rings. The third kappa shape index (κ3) is 2.16. The van der Waals surface area contributed by atoms with Gasteiger partial charge >= 0.3 is 0 Å². The molecule has 14 heavy (non-hydrogen) atoms. The summed E-state index contributed by atoms with van der Waals surface area (Å²) in [7, 11) is 0. The Morgan fingerprint density at radius 3 is 2.93 bits per heavy atom. The first-order valence-corrected chi connectivity index (χ1v) is 5.51. The van der Waals surface area contributed by atoms with Gasteiger partial charge in [-0.2, -0.15) is 0 Å². The van der Waals surface area contributed by atoms with E-state index < -0.39 is 0 Å². The lowest BCUT2D eigenvalue weighted by atomic mass is 10.00. The highest BCUT2D eigenvalue weighted by molar-refractivity contribution is 5.28. The fourth-order valence-electron chi connectivity index (χ4n) is 2.02. The lowest BCUT2D eigenvalue weighted by Crippen LogP contribution is -2.31. The summed E-state index contributed by atoms with van der Waals surface area (Å²) in [6, 6.07) is 8.67. The molecule has 0 saturated heterocycles. The van der Waals surface area contributed by atoms with Crippen molar-refractivity contribution in [3.05, 3.63) is 35.4 Å². The molecule has 0 aliphatic carbocycles. The average molecular weight is 190 g/mol. The molecule has 1 heteroatoms. The molecule has 1 heterocycles. The predicted octanol–water partition coefficient (Wildman–Crippen LogP) is 2.84. The molecule has 1 atom stereocenters. The molecule has 0 amide bonds. The van der Waals surface area contributed by atoms with Gasteiger partial charge in [-0.1, -0.05) is 37.6 Å². The van der Waals surface area contributed by atoms with Crippen LogP contribution in [0, 0.1) is 0 Å². The zero-order valence-electron chi connectivity index (χ0n) is 9.87. The van der Waals surface area contributed by atoms with Gasteiger partial charge in [0, 0.05) is 14.5 Å². The van der Waals surface area contributed by atoms with Crippen LogP contribution in [0.25, 0.3) is 0 Å². The highest BCUT2D eigenvalue weighted by Crippen LogP contribution is 2.18. The van der Waals surface area contributed by atoms with Crippen LogP contribution >= 0.6 is 0 Å². The molecule has 2 rings (SSSR count). The van der Waals surface area contributed by atoms with Gasteiger partial charge in [0.25, 0.3) is 0 Å². The minimum atomic E-state index is 0.0789.